The summed E-state index contributed by atoms with van der Waals surface area (Å²) in [5, 5.41) is 10.6. The Morgan fingerprint density at radius 2 is 1.89 bits per heavy atom. The highest BCUT2D eigenvalue weighted by molar-refractivity contribution is 9.09. The highest BCUT2D eigenvalue weighted by Crippen LogP contribution is 2.35. The zero-order valence-electron chi connectivity index (χ0n) is 12.1. The summed E-state index contributed by atoms with van der Waals surface area (Å²) in [6.07, 6.45) is 8.85. The number of likely N-dealkylation sites (tertiary alicyclic amines) is 1. The fraction of sp³-hybridized carbons (Fsp3) is 1.00. The number of hydrogen-bond donors (Lipinski definition) is 1. The van der Waals surface area contributed by atoms with E-state index in [1.54, 1.807) is 0 Å². The molecule has 0 saturated carbocycles. The Kier molecular flexibility index (Phi) is 7.81. The van der Waals surface area contributed by atoms with Crippen molar-refractivity contribution < 1.29 is 5.11 Å². The maximum Gasteiger partial charge on any atom is 0.0586 e. The smallest absolute Gasteiger partial charge is 0.0586 e. The minimum absolute atomic E-state index is 0.330. The van der Waals surface area contributed by atoms with Crippen LogP contribution in [-0.4, -0.2) is 41.1 Å². The first-order valence-electron chi connectivity index (χ1n) is 7.62. The molecule has 1 N–H and O–H groups in total. The van der Waals surface area contributed by atoms with Gasteiger partial charge in [0.15, 0.2) is 0 Å². The molecule has 0 radical (unpaired) electrons. The van der Waals surface area contributed by atoms with E-state index in [4.69, 9.17) is 0 Å². The van der Waals surface area contributed by atoms with Crippen molar-refractivity contribution in [2.24, 2.45) is 5.41 Å². The second-order valence-corrected chi connectivity index (χ2v) is 6.50. The fourth-order valence-electron chi connectivity index (χ4n) is 3.43. The van der Waals surface area contributed by atoms with Crippen LogP contribution in [0, 0.1) is 5.41 Å². The van der Waals surface area contributed by atoms with Gasteiger partial charge in [-0.3, -0.25) is 4.90 Å². The fourth-order valence-corrected chi connectivity index (χ4v) is 4.16. The maximum atomic E-state index is 9.54. The van der Waals surface area contributed by atoms with Gasteiger partial charge in [-0.1, -0.05) is 49.0 Å². The molecule has 0 bridgehead atoms. The third kappa shape index (κ3) is 4.50. The highest BCUT2D eigenvalue weighted by Gasteiger charge is 2.33. The molecule has 1 fully saturated rings. The summed E-state index contributed by atoms with van der Waals surface area (Å²) < 4.78 is 0. The molecule has 2 nitrogen and oxygen atoms in total. The standard InChI is InChI=1S/C15H30BrNO/c1-3-8-15(12-16,9-4-2)13-17-10-6-5-7-14(17)11-18/h14,18H,3-13H2,1-2H3. The van der Waals surface area contributed by atoms with Crippen molar-refractivity contribution in [3.05, 3.63) is 0 Å². The van der Waals surface area contributed by atoms with E-state index in [0.29, 0.717) is 18.1 Å². The predicted molar refractivity (Wildman–Crippen MR) is 82.3 cm³/mol. The van der Waals surface area contributed by atoms with E-state index < -0.39 is 0 Å². The normalized spacial score (nSPS) is 22.3. The minimum atomic E-state index is 0.330. The first kappa shape index (κ1) is 16.5. The van der Waals surface area contributed by atoms with Crippen LogP contribution < -0.4 is 0 Å². The molecule has 0 amide bonds. The molecular formula is C15H30BrNO. The number of rotatable bonds is 8. The molecule has 1 saturated heterocycles. The van der Waals surface area contributed by atoms with E-state index in [2.05, 4.69) is 34.7 Å². The lowest BCUT2D eigenvalue weighted by Gasteiger charge is -2.42. The van der Waals surface area contributed by atoms with Gasteiger partial charge in [-0.25, -0.2) is 0 Å². The third-order valence-corrected chi connectivity index (χ3v) is 5.53. The largest absolute Gasteiger partial charge is 0.395 e. The van der Waals surface area contributed by atoms with E-state index in [1.165, 1.54) is 51.5 Å². The Labute approximate surface area is 121 Å². The van der Waals surface area contributed by atoms with Crippen LogP contribution >= 0.6 is 15.9 Å². The van der Waals surface area contributed by atoms with E-state index >= 15 is 0 Å². The van der Waals surface area contributed by atoms with Crippen molar-refractivity contribution in [3.8, 4) is 0 Å². The van der Waals surface area contributed by atoms with E-state index in [9.17, 15) is 5.11 Å². The lowest BCUT2D eigenvalue weighted by molar-refractivity contribution is 0.0480. The lowest BCUT2D eigenvalue weighted by Crippen LogP contribution is -2.48. The Balaban J connectivity index is 2.67. The van der Waals surface area contributed by atoms with Crippen molar-refractivity contribution >= 4 is 15.9 Å². The molecule has 0 spiro atoms. The summed E-state index contributed by atoms with van der Waals surface area (Å²) in [4.78, 5) is 2.55. The summed E-state index contributed by atoms with van der Waals surface area (Å²) in [5.41, 5.74) is 0.411. The van der Waals surface area contributed by atoms with Gasteiger partial charge in [-0.15, -0.1) is 0 Å². The van der Waals surface area contributed by atoms with Crippen LogP contribution in [0.15, 0.2) is 0 Å². The maximum absolute atomic E-state index is 9.54. The van der Waals surface area contributed by atoms with Gasteiger partial charge in [0.05, 0.1) is 6.61 Å². The molecule has 1 rings (SSSR count). The minimum Gasteiger partial charge on any atom is -0.395 e. The van der Waals surface area contributed by atoms with Gasteiger partial charge in [0.2, 0.25) is 0 Å². The van der Waals surface area contributed by atoms with Crippen molar-refractivity contribution in [2.75, 3.05) is 25.0 Å². The summed E-state index contributed by atoms with van der Waals surface area (Å²) in [6, 6.07) is 0.408. The molecule has 1 unspecified atom stereocenters. The number of halogens is 1. The molecule has 0 aliphatic carbocycles. The Morgan fingerprint density at radius 1 is 1.22 bits per heavy atom. The van der Waals surface area contributed by atoms with E-state index in [1.807, 2.05) is 0 Å². The SMILES string of the molecule is CCCC(CBr)(CCC)CN1CCCCC1CO. The average Bonchev–Trinajstić information content (AvgIpc) is 2.40. The number of aliphatic hydroxyl groups is 1. The molecular weight excluding hydrogens is 290 g/mol. The first-order valence-corrected chi connectivity index (χ1v) is 8.74. The van der Waals surface area contributed by atoms with Crippen LogP contribution in [0.5, 0.6) is 0 Å². The molecule has 18 heavy (non-hydrogen) atoms. The number of hydrogen-bond acceptors (Lipinski definition) is 2. The zero-order valence-corrected chi connectivity index (χ0v) is 13.7. The topological polar surface area (TPSA) is 23.5 Å². The second-order valence-electron chi connectivity index (χ2n) is 5.94. The highest BCUT2D eigenvalue weighted by atomic mass is 79.9. The van der Waals surface area contributed by atoms with Crippen molar-refractivity contribution in [2.45, 2.75) is 64.8 Å². The number of nitrogens with zero attached hydrogens (tertiary/aromatic N) is 1. The van der Waals surface area contributed by atoms with Gasteiger partial charge in [-0.2, -0.15) is 0 Å². The molecule has 0 aromatic rings. The lowest BCUT2D eigenvalue weighted by atomic mass is 9.80. The number of piperidine rings is 1. The van der Waals surface area contributed by atoms with Gasteiger partial charge in [0.25, 0.3) is 0 Å². The summed E-state index contributed by atoms with van der Waals surface area (Å²) in [7, 11) is 0. The van der Waals surface area contributed by atoms with Crippen LogP contribution in [0.2, 0.25) is 0 Å². The third-order valence-electron chi connectivity index (χ3n) is 4.34. The van der Waals surface area contributed by atoms with Gasteiger partial charge < -0.3 is 5.11 Å². The zero-order chi connectivity index (χ0) is 13.4. The molecule has 0 aromatic carbocycles. The molecule has 1 atom stereocenters. The van der Waals surface area contributed by atoms with Gasteiger partial charge in [0, 0.05) is 17.9 Å². The Morgan fingerprint density at radius 3 is 2.39 bits per heavy atom. The van der Waals surface area contributed by atoms with Crippen LogP contribution in [0.25, 0.3) is 0 Å². The summed E-state index contributed by atoms with van der Waals surface area (Å²) in [5.74, 6) is 0. The monoisotopic (exact) mass is 319 g/mol. The number of alkyl halides is 1. The van der Waals surface area contributed by atoms with Crippen LogP contribution in [0.4, 0.5) is 0 Å². The number of aliphatic hydroxyl groups excluding tert-OH is 1. The van der Waals surface area contributed by atoms with E-state index in [0.717, 1.165) is 11.9 Å². The molecule has 108 valence electrons. The molecule has 0 aromatic heterocycles. The second kappa shape index (κ2) is 8.55. The molecule has 1 heterocycles. The first-order chi connectivity index (χ1) is 8.71. The van der Waals surface area contributed by atoms with Gasteiger partial charge >= 0.3 is 0 Å². The van der Waals surface area contributed by atoms with Crippen LogP contribution in [-0.2, 0) is 0 Å². The average molecular weight is 320 g/mol. The van der Waals surface area contributed by atoms with Gasteiger partial charge in [0.1, 0.15) is 0 Å². The molecule has 1 aliphatic heterocycles. The molecule has 1 aliphatic rings. The van der Waals surface area contributed by atoms with E-state index in [-0.39, 0.29) is 0 Å². The summed E-state index contributed by atoms with van der Waals surface area (Å²) >= 11 is 3.75. The Bertz CT molecular complexity index is 217. The van der Waals surface area contributed by atoms with Crippen LogP contribution in [0.3, 0.4) is 0 Å². The van der Waals surface area contributed by atoms with Crippen molar-refractivity contribution in [1.82, 2.24) is 4.90 Å². The quantitative estimate of drug-likeness (QED) is 0.687. The molecule has 3 heteroatoms. The van der Waals surface area contributed by atoms with Crippen LogP contribution in [0.1, 0.15) is 58.8 Å². The Hall–Kier alpha value is 0.400. The summed E-state index contributed by atoms with van der Waals surface area (Å²) in [6.45, 7) is 7.23. The van der Waals surface area contributed by atoms with Crippen molar-refractivity contribution in [1.29, 1.82) is 0 Å². The van der Waals surface area contributed by atoms with Crippen molar-refractivity contribution in [3.63, 3.8) is 0 Å². The predicted octanol–water partition coefficient (Wildman–Crippen LogP) is 3.81. The van der Waals surface area contributed by atoms with Gasteiger partial charge in [-0.05, 0) is 37.6 Å².